The fraction of sp³-hybridized carbons (Fsp3) is 0.571. The van der Waals surface area contributed by atoms with Crippen LogP contribution in [0.3, 0.4) is 0 Å². The minimum atomic E-state index is -0.570. The summed E-state index contributed by atoms with van der Waals surface area (Å²) in [5, 5.41) is 9.71. The summed E-state index contributed by atoms with van der Waals surface area (Å²) in [6.45, 7) is 1.14. The second-order valence-corrected chi connectivity index (χ2v) is 4.70. The summed E-state index contributed by atoms with van der Waals surface area (Å²) in [5.41, 5.74) is 6.58. The summed E-state index contributed by atoms with van der Waals surface area (Å²) in [7, 11) is 0. The fourth-order valence-corrected chi connectivity index (χ4v) is 1.75. The van der Waals surface area contributed by atoms with Crippen molar-refractivity contribution in [2.75, 3.05) is 13.2 Å². The lowest BCUT2D eigenvalue weighted by atomic mass is 9.96. The Morgan fingerprint density at radius 3 is 2.50 bits per heavy atom. The Morgan fingerprint density at radius 2 is 1.94 bits per heavy atom. The summed E-state index contributed by atoms with van der Waals surface area (Å²) in [5.74, 6) is 0.745. The maximum Gasteiger partial charge on any atom is 0.119 e. The molecule has 3 N–H and O–H groups in total. The third-order valence-electron chi connectivity index (χ3n) is 3.18. The highest BCUT2D eigenvalue weighted by Crippen LogP contribution is 2.21. The van der Waals surface area contributed by atoms with E-state index in [1.807, 2.05) is 24.3 Å². The Hall–Kier alpha value is -1.10. The third kappa shape index (κ3) is 3.98. The normalized spacial score (nSPS) is 17.2. The molecule has 1 fully saturated rings. The highest BCUT2D eigenvalue weighted by atomic mass is 16.5. The first-order chi connectivity index (χ1) is 8.78. The smallest absolute Gasteiger partial charge is 0.119 e. The largest absolute Gasteiger partial charge is 0.491 e. The van der Waals surface area contributed by atoms with Crippen molar-refractivity contribution in [2.45, 2.75) is 38.0 Å². The summed E-state index contributed by atoms with van der Waals surface area (Å²) in [4.78, 5) is 0. The number of ether oxygens (including phenoxy) is 2. The molecule has 0 aromatic heterocycles. The van der Waals surface area contributed by atoms with E-state index in [1.165, 1.54) is 6.42 Å². The topological polar surface area (TPSA) is 64.7 Å². The molecule has 4 heteroatoms. The Kier molecular flexibility index (Phi) is 4.99. The number of hydrogen-bond acceptors (Lipinski definition) is 4. The van der Waals surface area contributed by atoms with Gasteiger partial charge in [-0.25, -0.2) is 0 Å². The number of hydrogen-bond donors (Lipinski definition) is 2. The first-order valence-corrected chi connectivity index (χ1v) is 6.49. The molecule has 0 amide bonds. The molecule has 2 rings (SSSR count). The number of rotatable bonds is 7. The summed E-state index contributed by atoms with van der Waals surface area (Å²) in [6, 6.07) is 7.57. The lowest BCUT2D eigenvalue weighted by molar-refractivity contribution is -0.0519. The van der Waals surface area contributed by atoms with Crippen molar-refractivity contribution in [1.82, 2.24) is 0 Å². The summed E-state index contributed by atoms with van der Waals surface area (Å²) in [6.07, 6.45) is 3.26. The minimum absolute atomic E-state index is 0.259. The van der Waals surface area contributed by atoms with Crippen LogP contribution in [0.1, 0.15) is 24.8 Å². The summed E-state index contributed by atoms with van der Waals surface area (Å²) >= 11 is 0. The van der Waals surface area contributed by atoms with Crippen molar-refractivity contribution in [3.8, 4) is 5.75 Å². The van der Waals surface area contributed by atoms with Crippen LogP contribution in [-0.4, -0.2) is 30.5 Å². The van der Waals surface area contributed by atoms with Crippen molar-refractivity contribution < 1.29 is 14.6 Å². The monoisotopic (exact) mass is 251 g/mol. The van der Waals surface area contributed by atoms with Gasteiger partial charge in [-0.05, 0) is 37.0 Å². The molecule has 1 aliphatic carbocycles. The number of nitrogens with two attached hydrogens (primary N) is 1. The van der Waals surface area contributed by atoms with Crippen molar-refractivity contribution in [3.05, 3.63) is 29.8 Å². The van der Waals surface area contributed by atoms with E-state index in [4.69, 9.17) is 15.2 Å². The first-order valence-electron chi connectivity index (χ1n) is 6.49. The Morgan fingerprint density at radius 1 is 1.22 bits per heavy atom. The first kappa shape index (κ1) is 13.3. The van der Waals surface area contributed by atoms with E-state index in [9.17, 15) is 5.11 Å². The molecule has 1 saturated carbocycles. The van der Waals surface area contributed by atoms with Gasteiger partial charge >= 0.3 is 0 Å². The lowest BCUT2D eigenvalue weighted by Crippen LogP contribution is -2.29. The molecule has 1 atom stereocenters. The number of aliphatic hydroxyl groups is 1. The van der Waals surface area contributed by atoms with E-state index in [1.54, 1.807) is 0 Å². The van der Waals surface area contributed by atoms with Gasteiger partial charge in [-0.1, -0.05) is 12.1 Å². The van der Waals surface area contributed by atoms with E-state index in [0.29, 0.717) is 19.3 Å². The van der Waals surface area contributed by atoms with E-state index >= 15 is 0 Å². The quantitative estimate of drug-likeness (QED) is 0.770. The minimum Gasteiger partial charge on any atom is -0.491 e. The van der Waals surface area contributed by atoms with E-state index < -0.39 is 6.10 Å². The van der Waals surface area contributed by atoms with Gasteiger partial charge in [-0.3, -0.25) is 0 Å². The van der Waals surface area contributed by atoms with Gasteiger partial charge in [-0.2, -0.15) is 0 Å². The molecule has 1 aliphatic rings. The molecule has 0 radical (unpaired) electrons. The molecular weight excluding hydrogens is 230 g/mol. The number of aliphatic hydroxyl groups excluding tert-OH is 1. The van der Waals surface area contributed by atoms with Crippen molar-refractivity contribution >= 4 is 0 Å². The molecular formula is C14H21NO3. The van der Waals surface area contributed by atoms with Gasteiger partial charge in [0.1, 0.15) is 18.5 Å². The molecule has 0 spiro atoms. The van der Waals surface area contributed by atoms with Crippen LogP contribution in [0.5, 0.6) is 5.75 Å². The van der Waals surface area contributed by atoms with Crippen molar-refractivity contribution in [3.63, 3.8) is 0 Å². The van der Waals surface area contributed by atoms with Gasteiger partial charge in [0, 0.05) is 6.54 Å². The molecule has 0 heterocycles. The SMILES string of the molecule is NCc1ccc(OCC(O)COC2CCC2)cc1. The van der Waals surface area contributed by atoms with Crippen LogP contribution < -0.4 is 10.5 Å². The second kappa shape index (κ2) is 6.73. The molecule has 1 unspecified atom stereocenters. The fourth-order valence-electron chi connectivity index (χ4n) is 1.75. The molecule has 1 aromatic rings. The molecule has 18 heavy (non-hydrogen) atoms. The van der Waals surface area contributed by atoms with E-state index in [0.717, 1.165) is 24.2 Å². The van der Waals surface area contributed by atoms with Crippen molar-refractivity contribution in [2.24, 2.45) is 5.73 Å². The predicted molar refractivity (Wildman–Crippen MR) is 69.4 cm³/mol. The Labute approximate surface area is 108 Å². The molecule has 100 valence electrons. The lowest BCUT2D eigenvalue weighted by Gasteiger charge is -2.26. The van der Waals surface area contributed by atoms with Crippen LogP contribution in [0.25, 0.3) is 0 Å². The van der Waals surface area contributed by atoms with Crippen LogP contribution in [0.4, 0.5) is 0 Å². The molecule has 0 saturated heterocycles. The van der Waals surface area contributed by atoms with Crippen molar-refractivity contribution in [1.29, 1.82) is 0 Å². The molecule has 4 nitrogen and oxygen atoms in total. The molecule has 0 bridgehead atoms. The average Bonchev–Trinajstić information content (AvgIpc) is 2.35. The van der Waals surface area contributed by atoms with Gasteiger partial charge in [0.15, 0.2) is 0 Å². The van der Waals surface area contributed by atoms with Crippen LogP contribution in [0.15, 0.2) is 24.3 Å². The maximum atomic E-state index is 9.71. The second-order valence-electron chi connectivity index (χ2n) is 4.70. The highest BCUT2D eigenvalue weighted by molar-refractivity contribution is 5.27. The van der Waals surface area contributed by atoms with Gasteiger partial charge in [0.05, 0.1) is 12.7 Å². The predicted octanol–water partition coefficient (Wildman–Crippen LogP) is 1.45. The van der Waals surface area contributed by atoms with Gasteiger partial charge < -0.3 is 20.3 Å². The van der Waals surface area contributed by atoms with Gasteiger partial charge in [0.25, 0.3) is 0 Å². The van der Waals surface area contributed by atoms with Crippen LogP contribution in [-0.2, 0) is 11.3 Å². The number of benzene rings is 1. The van der Waals surface area contributed by atoms with Crippen LogP contribution >= 0.6 is 0 Å². The third-order valence-corrected chi connectivity index (χ3v) is 3.18. The molecule has 1 aromatic carbocycles. The summed E-state index contributed by atoms with van der Waals surface area (Å²) < 4.78 is 11.0. The van der Waals surface area contributed by atoms with E-state index in [-0.39, 0.29) is 6.61 Å². The standard InChI is InChI=1S/C14H21NO3/c15-8-11-4-6-14(7-5-11)18-10-12(16)9-17-13-2-1-3-13/h4-7,12-13,16H,1-3,8-10,15H2. The maximum absolute atomic E-state index is 9.71. The van der Waals surface area contributed by atoms with Crippen LogP contribution in [0.2, 0.25) is 0 Å². The van der Waals surface area contributed by atoms with Crippen LogP contribution in [0, 0.1) is 0 Å². The zero-order chi connectivity index (χ0) is 12.8. The zero-order valence-corrected chi connectivity index (χ0v) is 10.5. The average molecular weight is 251 g/mol. The van der Waals surface area contributed by atoms with Gasteiger partial charge in [-0.15, -0.1) is 0 Å². The Bertz CT molecular complexity index is 349. The highest BCUT2D eigenvalue weighted by Gasteiger charge is 2.19. The Balaban J connectivity index is 1.65. The zero-order valence-electron chi connectivity index (χ0n) is 10.5. The molecule has 0 aliphatic heterocycles. The van der Waals surface area contributed by atoms with Gasteiger partial charge in [0.2, 0.25) is 0 Å². The van der Waals surface area contributed by atoms with E-state index in [2.05, 4.69) is 0 Å².